The van der Waals surface area contributed by atoms with E-state index >= 15 is 0 Å². The van der Waals surface area contributed by atoms with Crippen LogP contribution in [-0.4, -0.2) is 61.4 Å². The number of benzene rings is 1. The van der Waals surface area contributed by atoms with E-state index in [9.17, 15) is 4.79 Å². The number of amides is 1. The first kappa shape index (κ1) is 28.8. The SMILES string of the molecule is Cc1c(C(=O)NCCN2CCOCC2)cc(-c2cc(C(C)(C)C)c3c(c2)C2(CCO3)CC2)n1CC1CCCCCC1.[HH]. The third kappa shape index (κ3) is 6.10. The molecule has 0 bridgehead atoms. The van der Waals surface area contributed by atoms with E-state index in [1.54, 1.807) is 0 Å². The van der Waals surface area contributed by atoms with Crippen molar-refractivity contribution in [3.63, 3.8) is 0 Å². The van der Waals surface area contributed by atoms with Crippen molar-refractivity contribution in [2.75, 3.05) is 46.0 Å². The van der Waals surface area contributed by atoms with E-state index in [1.165, 1.54) is 73.8 Å². The first-order chi connectivity index (χ1) is 19.7. The van der Waals surface area contributed by atoms with Gasteiger partial charge in [0.25, 0.3) is 5.91 Å². The number of nitrogens with one attached hydrogen (secondary N) is 1. The van der Waals surface area contributed by atoms with Crippen LogP contribution < -0.4 is 10.1 Å². The normalized spacial score (nSPS) is 21.3. The molecule has 4 aliphatic rings. The molecule has 41 heavy (non-hydrogen) atoms. The number of morpholine rings is 1. The number of nitrogens with zero attached hydrogens (tertiary/aromatic N) is 2. The van der Waals surface area contributed by atoms with Gasteiger partial charge >= 0.3 is 0 Å². The molecule has 1 spiro atoms. The van der Waals surface area contributed by atoms with Crippen molar-refractivity contribution < 1.29 is 15.7 Å². The molecule has 1 amide bonds. The maximum atomic E-state index is 13.6. The van der Waals surface area contributed by atoms with Gasteiger partial charge in [0.05, 0.1) is 25.4 Å². The van der Waals surface area contributed by atoms with Crippen LogP contribution in [0.25, 0.3) is 11.3 Å². The van der Waals surface area contributed by atoms with Crippen LogP contribution in [0.15, 0.2) is 18.2 Å². The maximum absolute atomic E-state index is 13.6. The lowest BCUT2D eigenvalue weighted by atomic mass is 9.79. The summed E-state index contributed by atoms with van der Waals surface area (Å²) in [6.07, 6.45) is 11.6. The molecule has 1 N–H and O–H groups in total. The van der Waals surface area contributed by atoms with E-state index in [2.05, 4.69) is 60.7 Å². The average molecular weight is 564 g/mol. The van der Waals surface area contributed by atoms with Gasteiger partial charge in [-0.05, 0) is 74.1 Å². The second-order valence-corrected chi connectivity index (χ2v) is 14.2. The van der Waals surface area contributed by atoms with Crippen molar-refractivity contribution >= 4 is 5.91 Å². The summed E-state index contributed by atoms with van der Waals surface area (Å²) in [7, 11) is 0. The van der Waals surface area contributed by atoms with Gasteiger partial charge in [0.2, 0.25) is 0 Å². The molecule has 2 aliphatic carbocycles. The van der Waals surface area contributed by atoms with Crippen molar-refractivity contribution in [1.82, 2.24) is 14.8 Å². The van der Waals surface area contributed by atoms with Crippen LogP contribution in [0.4, 0.5) is 0 Å². The van der Waals surface area contributed by atoms with E-state index in [0.717, 1.165) is 69.4 Å². The van der Waals surface area contributed by atoms with Crippen molar-refractivity contribution in [3.05, 3.63) is 40.6 Å². The molecule has 3 fully saturated rings. The van der Waals surface area contributed by atoms with E-state index in [1.807, 2.05) is 0 Å². The monoisotopic (exact) mass is 563 g/mol. The third-order valence-corrected chi connectivity index (χ3v) is 10.3. The fourth-order valence-corrected chi connectivity index (χ4v) is 7.44. The van der Waals surface area contributed by atoms with Crippen molar-refractivity contribution in [2.24, 2.45) is 5.92 Å². The predicted molar refractivity (Wildman–Crippen MR) is 167 cm³/mol. The summed E-state index contributed by atoms with van der Waals surface area (Å²) in [5.74, 6) is 1.84. The molecular formula is C35H53N3O3. The molecular weight excluding hydrogens is 510 g/mol. The second-order valence-electron chi connectivity index (χ2n) is 14.2. The summed E-state index contributed by atoms with van der Waals surface area (Å²) in [6, 6.07) is 6.99. The highest BCUT2D eigenvalue weighted by molar-refractivity contribution is 5.97. The largest absolute Gasteiger partial charge is 0.493 e. The fourth-order valence-electron chi connectivity index (χ4n) is 7.44. The quantitative estimate of drug-likeness (QED) is 0.374. The molecule has 1 saturated heterocycles. The highest BCUT2D eigenvalue weighted by atomic mass is 16.5. The van der Waals surface area contributed by atoms with Gasteiger partial charge in [-0.15, -0.1) is 0 Å². The zero-order chi connectivity index (χ0) is 28.6. The summed E-state index contributed by atoms with van der Waals surface area (Å²) >= 11 is 0. The molecule has 1 aromatic carbocycles. The van der Waals surface area contributed by atoms with Crippen molar-refractivity contribution in [1.29, 1.82) is 0 Å². The Bertz CT molecular complexity index is 1230. The first-order valence-electron chi connectivity index (χ1n) is 16.4. The molecule has 6 nitrogen and oxygen atoms in total. The standard InChI is InChI=1S/C35H51N3O3.H2/c1-25-28(33(39)36-14-15-37-16-19-40-20-17-37)23-31(38(25)24-26-9-7-5-6-8-10-26)27-21-29(34(2,3)4)32-30(22-27)35(11-12-35)13-18-41-32;/h21-23,26H,5-20,24H2,1-4H3,(H,36,39);1H. The number of carbonyl (C=O) groups is 1. The molecule has 3 heterocycles. The number of aromatic nitrogens is 1. The topological polar surface area (TPSA) is 55.7 Å². The molecule has 0 unspecified atom stereocenters. The highest BCUT2D eigenvalue weighted by Crippen LogP contribution is 2.58. The van der Waals surface area contributed by atoms with Crippen LogP contribution in [0.1, 0.15) is 107 Å². The molecule has 2 aliphatic heterocycles. The third-order valence-electron chi connectivity index (χ3n) is 10.3. The summed E-state index contributed by atoms with van der Waals surface area (Å²) in [4.78, 5) is 16.0. The van der Waals surface area contributed by atoms with Gasteiger partial charge in [-0.3, -0.25) is 9.69 Å². The Labute approximate surface area is 248 Å². The lowest BCUT2D eigenvalue weighted by Gasteiger charge is -2.33. The van der Waals surface area contributed by atoms with Crippen LogP contribution in [0, 0.1) is 12.8 Å². The van der Waals surface area contributed by atoms with Crippen molar-refractivity contribution in [3.8, 4) is 17.0 Å². The van der Waals surface area contributed by atoms with Gasteiger partial charge < -0.3 is 19.4 Å². The molecule has 226 valence electrons. The Morgan fingerprint density at radius 1 is 1.02 bits per heavy atom. The Morgan fingerprint density at radius 3 is 2.44 bits per heavy atom. The summed E-state index contributed by atoms with van der Waals surface area (Å²) in [5, 5.41) is 3.25. The van der Waals surface area contributed by atoms with Crippen LogP contribution >= 0.6 is 0 Å². The summed E-state index contributed by atoms with van der Waals surface area (Å²) in [6.45, 7) is 15.8. The molecule has 0 atom stereocenters. The molecule has 1 aromatic heterocycles. The zero-order valence-corrected chi connectivity index (χ0v) is 25.9. The van der Waals surface area contributed by atoms with Crippen LogP contribution in [0.5, 0.6) is 5.75 Å². The van der Waals surface area contributed by atoms with Gasteiger partial charge in [0.1, 0.15) is 5.75 Å². The number of rotatable bonds is 7. The highest BCUT2D eigenvalue weighted by Gasteiger charge is 2.49. The molecule has 6 rings (SSSR count). The maximum Gasteiger partial charge on any atom is 0.253 e. The van der Waals surface area contributed by atoms with Crippen LogP contribution in [-0.2, 0) is 22.1 Å². The Balaban J connectivity index is 0.00000353. The summed E-state index contributed by atoms with van der Waals surface area (Å²) in [5.41, 5.74) is 7.32. The van der Waals surface area contributed by atoms with E-state index in [0.29, 0.717) is 12.5 Å². The van der Waals surface area contributed by atoms with Crippen LogP contribution in [0.2, 0.25) is 0 Å². The number of hydrogen-bond acceptors (Lipinski definition) is 4. The number of ether oxygens (including phenoxy) is 2. The van der Waals surface area contributed by atoms with Gasteiger partial charge in [-0.25, -0.2) is 0 Å². The fraction of sp³-hybridized carbons (Fsp3) is 0.686. The Hall–Kier alpha value is -2.31. The molecule has 2 aromatic rings. The second kappa shape index (κ2) is 11.8. The molecule has 6 heteroatoms. The Morgan fingerprint density at radius 2 is 1.76 bits per heavy atom. The number of carbonyl (C=O) groups excluding carboxylic acids is 1. The van der Waals surface area contributed by atoms with Crippen LogP contribution in [0.3, 0.4) is 0 Å². The van der Waals surface area contributed by atoms with Gasteiger partial charge in [-0.2, -0.15) is 0 Å². The predicted octanol–water partition coefficient (Wildman–Crippen LogP) is 6.85. The average Bonchev–Trinajstić information content (AvgIpc) is 3.71. The summed E-state index contributed by atoms with van der Waals surface area (Å²) < 4.78 is 14.4. The lowest BCUT2D eigenvalue weighted by Crippen LogP contribution is -2.41. The van der Waals surface area contributed by atoms with Gasteiger partial charge in [-0.1, -0.05) is 46.5 Å². The number of hydrogen-bond donors (Lipinski definition) is 1. The lowest BCUT2D eigenvalue weighted by molar-refractivity contribution is 0.0383. The zero-order valence-electron chi connectivity index (χ0n) is 25.9. The van der Waals surface area contributed by atoms with E-state index in [-0.39, 0.29) is 18.2 Å². The smallest absolute Gasteiger partial charge is 0.253 e. The Kier molecular flexibility index (Phi) is 8.26. The minimum atomic E-state index is -0.0268. The van der Waals surface area contributed by atoms with Crippen molar-refractivity contribution in [2.45, 2.75) is 103 Å². The minimum Gasteiger partial charge on any atom is -0.493 e. The molecule has 0 radical (unpaired) electrons. The number of fused-ring (bicyclic) bond motifs is 2. The van der Waals surface area contributed by atoms with Gasteiger partial charge in [0, 0.05) is 62.1 Å². The molecule has 2 saturated carbocycles. The van der Waals surface area contributed by atoms with Gasteiger partial charge in [0.15, 0.2) is 0 Å². The van der Waals surface area contributed by atoms with E-state index in [4.69, 9.17) is 9.47 Å². The first-order valence-corrected chi connectivity index (χ1v) is 16.4. The minimum absolute atomic E-state index is 0. The van der Waals surface area contributed by atoms with E-state index < -0.39 is 0 Å².